The van der Waals surface area contributed by atoms with E-state index in [9.17, 15) is 0 Å². The molecule has 4 N–H and O–H groups in total. The predicted molar refractivity (Wildman–Crippen MR) is 76.6 cm³/mol. The number of rotatable bonds is 5. The molecule has 1 atom stereocenters. The Bertz CT molecular complexity index is 530. The first-order valence-electron chi connectivity index (χ1n) is 6.23. The first kappa shape index (κ1) is 13.3. The van der Waals surface area contributed by atoms with Gasteiger partial charge in [-0.1, -0.05) is 37.3 Å². The van der Waals surface area contributed by atoms with Gasteiger partial charge in [0.25, 0.3) is 0 Å². The quantitative estimate of drug-likeness (QED) is 0.761. The smallest absolute Gasteiger partial charge is 0.163 e. The van der Waals surface area contributed by atoms with Crippen LogP contribution in [0.2, 0.25) is 0 Å². The van der Waals surface area contributed by atoms with Crippen molar-refractivity contribution in [3.63, 3.8) is 0 Å². The fourth-order valence-electron chi connectivity index (χ4n) is 1.62. The van der Waals surface area contributed by atoms with Crippen molar-refractivity contribution < 1.29 is 5.11 Å². The Labute approximate surface area is 112 Å². The van der Waals surface area contributed by atoms with Crippen molar-refractivity contribution in [2.45, 2.75) is 6.92 Å². The second kappa shape index (κ2) is 6.15. The highest BCUT2D eigenvalue weighted by Gasteiger charge is 2.06. The number of aliphatic hydroxyl groups excluding tert-OH is 1. The molecule has 0 fully saturated rings. The van der Waals surface area contributed by atoms with Gasteiger partial charge in [-0.25, -0.2) is 9.97 Å². The molecule has 5 nitrogen and oxygen atoms in total. The zero-order valence-electron chi connectivity index (χ0n) is 10.9. The average molecular weight is 258 g/mol. The Morgan fingerprint density at radius 2 is 2.00 bits per heavy atom. The van der Waals surface area contributed by atoms with Crippen molar-refractivity contribution in [2.24, 2.45) is 5.92 Å². The number of aromatic nitrogens is 2. The molecule has 100 valence electrons. The van der Waals surface area contributed by atoms with E-state index in [1.165, 1.54) is 0 Å². The van der Waals surface area contributed by atoms with Crippen LogP contribution in [0, 0.1) is 5.92 Å². The van der Waals surface area contributed by atoms with Crippen molar-refractivity contribution in [3.8, 4) is 11.4 Å². The van der Waals surface area contributed by atoms with Crippen LogP contribution in [0.1, 0.15) is 6.92 Å². The van der Waals surface area contributed by atoms with E-state index in [1.807, 2.05) is 37.3 Å². The maximum absolute atomic E-state index is 9.00. The van der Waals surface area contributed by atoms with Crippen LogP contribution in [0.3, 0.4) is 0 Å². The summed E-state index contributed by atoms with van der Waals surface area (Å²) in [5.74, 6) is 1.86. The van der Waals surface area contributed by atoms with Crippen LogP contribution < -0.4 is 11.1 Å². The zero-order chi connectivity index (χ0) is 13.7. The van der Waals surface area contributed by atoms with Gasteiger partial charge < -0.3 is 16.2 Å². The molecular weight excluding hydrogens is 240 g/mol. The zero-order valence-corrected chi connectivity index (χ0v) is 10.9. The number of anilines is 2. The molecule has 1 aromatic heterocycles. The number of hydrogen-bond donors (Lipinski definition) is 3. The maximum atomic E-state index is 9.00. The van der Waals surface area contributed by atoms with Gasteiger partial charge in [-0.05, 0) is 5.92 Å². The van der Waals surface area contributed by atoms with Crippen LogP contribution in [-0.4, -0.2) is 28.2 Å². The largest absolute Gasteiger partial charge is 0.396 e. The lowest BCUT2D eigenvalue weighted by Gasteiger charge is -2.11. The standard InChI is InChI=1S/C14H18N4O/c1-10(9-19)8-16-13-7-12(15)17-14(18-13)11-5-3-2-4-6-11/h2-7,10,19H,8-9H2,1H3,(H3,15,16,17,18). The second-order valence-electron chi connectivity index (χ2n) is 4.54. The molecule has 19 heavy (non-hydrogen) atoms. The van der Waals surface area contributed by atoms with Crippen molar-refractivity contribution >= 4 is 11.6 Å². The first-order valence-corrected chi connectivity index (χ1v) is 6.23. The molecule has 0 saturated heterocycles. The number of nitrogen functional groups attached to an aromatic ring is 1. The lowest BCUT2D eigenvalue weighted by Crippen LogP contribution is -2.15. The van der Waals surface area contributed by atoms with E-state index in [0.717, 1.165) is 5.56 Å². The molecule has 2 aromatic rings. The molecule has 0 radical (unpaired) electrons. The van der Waals surface area contributed by atoms with Crippen molar-refractivity contribution in [1.29, 1.82) is 0 Å². The lowest BCUT2D eigenvalue weighted by atomic mass is 10.2. The summed E-state index contributed by atoms with van der Waals surface area (Å²) in [7, 11) is 0. The Morgan fingerprint density at radius 1 is 1.26 bits per heavy atom. The topological polar surface area (TPSA) is 84.1 Å². The Kier molecular flexibility index (Phi) is 4.30. The molecule has 0 aliphatic carbocycles. The summed E-state index contributed by atoms with van der Waals surface area (Å²) >= 11 is 0. The third-order valence-corrected chi connectivity index (χ3v) is 2.72. The molecule has 0 bridgehead atoms. The molecule has 5 heteroatoms. The third-order valence-electron chi connectivity index (χ3n) is 2.72. The minimum Gasteiger partial charge on any atom is -0.396 e. The first-order chi connectivity index (χ1) is 9.19. The van der Waals surface area contributed by atoms with Crippen LogP contribution in [0.15, 0.2) is 36.4 Å². The third kappa shape index (κ3) is 3.66. The van der Waals surface area contributed by atoms with E-state index < -0.39 is 0 Å². The minimum absolute atomic E-state index is 0.138. The average Bonchev–Trinajstić information content (AvgIpc) is 2.45. The monoisotopic (exact) mass is 258 g/mol. The SMILES string of the molecule is CC(CO)CNc1cc(N)nc(-c2ccccc2)n1. The molecule has 0 aliphatic heterocycles. The highest BCUT2D eigenvalue weighted by atomic mass is 16.3. The van der Waals surface area contributed by atoms with Gasteiger partial charge >= 0.3 is 0 Å². The Morgan fingerprint density at radius 3 is 2.68 bits per heavy atom. The highest BCUT2D eigenvalue weighted by molar-refractivity contribution is 5.60. The van der Waals surface area contributed by atoms with E-state index in [2.05, 4.69) is 15.3 Å². The number of aliphatic hydroxyl groups is 1. The molecule has 1 aromatic carbocycles. The molecule has 0 amide bonds. The van der Waals surface area contributed by atoms with E-state index in [4.69, 9.17) is 10.8 Å². The molecule has 1 unspecified atom stereocenters. The Hall–Kier alpha value is -2.14. The Balaban J connectivity index is 2.20. The van der Waals surface area contributed by atoms with Crippen LogP contribution in [0.4, 0.5) is 11.6 Å². The summed E-state index contributed by atoms with van der Waals surface area (Å²) in [6, 6.07) is 11.4. The summed E-state index contributed by atoms with van der Waals surface area (Å²) < 4.78 is 0. The van der Waals surface area contributed by atoms with Gasteiger partial charge in [-0.15, -0.1) is 0 Å². The number of nitrogens with two attached hydrogens (primary N) is 1. The van der Waals surface area contributed by atoms with Crippen LogP contribution in [0.25, 0.3) is 11.4 Å². The van der Waals surface area contributed by atoms with Crippen LogP contribution in [0.5, 0.6) is 0 Å². The van der Waals surface area contributed by atoms with Gasteiger partial charge in [-0.3, -0.25) is 0 Å². The van der Waals surface area contributed by atoms with Crippen molar-refractivity contribution in [1.82, 2.24) is 9.97 Å². The number of benzene rings is 1. The van der Waals surface area contributed by atoms with E-state index in [0.29, 0.717) is 24.0 Å². The van der Waals surface area contributed by atoms with Gasteiger partial charge in [0.1, 0.15) is 11.6 Å². The minimum atomic E-state index is 0.138. The van der Waals surface area contributed by atoms with Gasteiger partial charge in [-0.2, -0.15) is 0 Å². The number of nitrogens with one attached hydrogen (secondary N) is 1. The number of nitrogens with zero attached hydrogens (tertiary/aromatic N) is 2. The molecule has 1 heterocycles. The van der Waals surface area contributed by atoms with Gasteiger partial charge in [0.15, 0.2) is 5.82 Å². The summed E-state index contributed by atoms with van der Waals surface area (Å²) in [6.07, 6.45) is 0. The van der Waals surface area contributed by atoms with Gasteiger partial charge in [0, 0.05) is 24.8 Å². The molecule has 0 saturated carbocycles. The second-order valence-corrected chi connectivity index (χ2v) is 4.54. The predicted octanol–water partition coefficient (Wildman–Crippen LogP) is 1.77. The number of hydrogen-bond acceptors (Lipinski definition) is 5. The molecule has 2 rings (SSSR count). The maximum Gasteiger partial charge on any atom is 0.163 e. The van der Waals surface area contributed by atoms with Gasteiger partial charge in [0.05, 0.1) is 0 Å². The molecule has 0 aliphatic rings. The molecular formula is C14H18N4O. The van der Waals surface area contributed by atoms with E-state index >= 15 is 0 Å². The van der Waals surface area contributed by atoms with Crippen molar-refractivity contribution in [3.05, 3.63) is 36.4 Å². The molecule has 0 spiro atoms. The van der Waals surface area contributed by atoms with Gasteiger partial charge in [0.2, 0.25) is 0 Å². The summed E-state index contributed by atoms with van der Waals surface area (Å²) in [6.45, 7) is 2.73. The normalized spacial score (nSPS) is 12.1. The van der Waals surface area contributed by atoms with E-state index in [-0.39, 0.29) is 12.5 Å². The fraction of sp³-hybridized carbons (Fsp3) is 0.286. The van der Waals surface area contributed by atoms with Crippen LogP contribution >= 0.6 is 0 Å². The fourth-order valence-corrected chi connectivity index (χ4v) is 1.62. The van der Waals surface area contributed by atoms with Crippen molar-refractivity contribution in [2.75, 3.05) is 24.2 Å². The van der Waals surface area contributed by atoms with E-state index in [1.54, 1.807) is 6.07 Å². The summed E-state index contributed by atoms with van der Waals surface area (Å²) in [4.78, 5) is 8.65. The van der Waals surface area contributed by atoms with Crippen LogP contribution in [-0.2, 0) is 0 Å². The summed E-state index contributed by atoms with van der Waals surface area (Å²) in [5.41, 5.74) is 6.72. The summed E-state index contributed by atoms with van der Waals surface area (Å²) in [5, 5.41) is 12.2. The highest BCUT2D eigenvalue weighted by Crippen LogP contribution is 2.18. The lowest BCUT2D eigenvalue weighted by molar-refractivity contribution is 0.244.